The monoisotopic (exact) mass is 273 g/mol. The minimum atomic E-state index is -0.200. The molecule has 1 aliphatic carbocycles. The number of rotatable bonds is 0. The first-order valence-electron chi connectivity index (χ1n) is 7.32. The molecule has 0 radical (unpaired) electrons. The fraction of sp³-hybridized carbons (Fsp3) is 0.250. The zero-order valence-corrected chi connectivity index (χ0v) is 12.7. The lowest BCUT2D eigenvalue weighted by Crippen LogP contribution is -2.12. The molecule has 0 bridgehead atoms. The normalized spacial score (nSPS) is 16.6. The van der Waals surface area contributed by atoms with E-state index < -0.39 is 0 Å². The first-order chi connectivity index (χ1) is 10.0. The summed E-state index contributed by atoms with van der Waals surface area (Å²) in [5.41, 5.74) is 5.86. The predicted octanol–water partition coefficient (Wildman–Crippen LogP) is 5.12. The molecule has 2 aromatic rings. The summed E-state index contributed by atoms with van der Waals surface area (Å²) in [6, 6.07) is 17.2. The number of hydrogen-bond donors (Lipinski definition) is 0. The molecule has 1 unspecified atom stereocenters. The Morgan fingerprint density at radius 3 is 2.24 bits per heavy atom. The average Bonchev–Trinajstić information content (AvgIpc) is 2.62. The van der Waals surface area contributed by atoms with Gasteiger partial charge in [0.25, 0.3) is 0 Å². The summed E-state index contributed by atoms with van der Waals surface area (Å²) < 4.78 is 0. The number of hydrogen-bond acceptors (Lipinski definition) is 1. The van der Waals surface area contributed by atoms with Gasteiger partial charge in [-0.05, 0) is 33.2 Å². The highest BCUT2D eigenvalue weighted by Crippen LogP contribution is 2.36. The van der Waals surface area contributed by atoms with E-state index in [0.29, 0.717) is 0 Å². The Bertz CT molecular complexity index is 754. The van der Waals surface area contributed by atoms with Crippen molar-refractivity contribution in [3.8, 4) is 6.07 Å². The van der Waals surface area contributed by atoms with E-state index in [1.165, 1.54) is 5.56 Å². The second-order valence-electron chi connectivity index (χ2n) is 6.62. The predicted molar refractivity (Wildman–Crippen MR) is 88.0 cm³/mol. The van der Waals surface area contributed by atoms with E-state index in [2.05, 4.69) is 69.3 Å². The zero-order valence-electron chi connectivity index (χ0n) is 12.7. The lowest BCUT2D eigenvalue weighted by atomic mass is 9.82. The van der Waals surface area contributed by atoms with E-state index in [1.807, 2.05) is 12.1 Å². The number of benzene rings is 2. The van der Waals surface area contributed by atoms with Crippen LogP contribution in [0, 0.1) is 11.3 Å². The van der Waals surface area contributed by atoms with Crippen LogP contribution in [0.2, 0.25) is 0 Å². The molecule has 0 saturated carbocycles. The Morgan fingerprint density at radius 2 is 1.57 bits per heavy atom. The van der Waals surface area contributed by atoms with Crippen LogP contribution in [-0.4, -0.2) is 0 Å². The smallest absolute Gasteiger partial charge is 0.0974 e. The van der Waals surface area contributed by atoms with Gasteiger partial charge in [-0.25, -0.2) is 0 Å². The largest absolute Gasteiger partial charge is 0.197 e. The summed E-state index contributed by atoms with van der Waals surface area (Å²) in [6.45, 7) is 6.61. The van der Waals surface area contributed by atoms with Gasteiger partial charge in [0, 0.05) is 0 Å². The van der Waals surface area contributed by atoms with Crippen LogP contribution < -0.4 is 0 Å². The summed E-state index contributed by atoms with van der Waals surface area (Å²) in [7, 11) is 0. The van der Waals surface area contributed by atoms with Gasteiger partial charge in [-0.15, -0.1) is 0 Å². The first-order valence-corrected chi connectivity index (χ1v) is 7.32. The first kappa shape index (κ1) is 13.6. The van der Waals surface area contributed by atoms with Gasteiger partial charge in [0.15, 0.2) is 0 Å². The van der Waals surface area contributed by atoms with Gasteiger partial charge in [0.05, 0.1) is 12.0 Å². The average molecular weight is 273 g/mol. The van der Waals surface area contributed by atoms with Crippen LogP contribution in [0.25, 0.3) is 12.2 Å². The highest BCUT2D eigenvalue weighted by Gasteiger charge is 2.23. The molecule has 1 heteroatoms. The van der Waals surface area contributed by atoms with E-state index in [4.69, 9.17) is 0 Å². The Hall–Kier alpha value is -2.33. The molecule has 0 heterocycles. The Labute approximate surface area is 126 Å². The van der Waals surface area contributed by atoms with Crippen molar-refractivity contribution in [3.05, 3.63) is 70.3 Å². The minimum Gasteiger partial charge on any atom is -0.197 e. The summed E-state index contributed by atoms with van der Waals surface area (Å²) >= 11 is 0. The van der Waals surface area contributed by atoms with Gasteiger partial charge in [0.1, 0.15) is 0 Å². The number of nitrogens with zero attached hydrogens (tertiary/aromatic N) is 1. The topological polar surface area (TPSA) is 23.8 Å². The molecule has 0 N–H and O–H groups in total. The summed E-state index contributed by atoms with van der Waals surface area (Å²) in [4.78, 5) is 0. The molecular weight excluding hydrogens is 254 g/mol. The highest BCUT2D eigenvalue weighted by atomic mass is 14.3. The molecule has 1 atom stereocenters. The summed E-state index contributed by atoms with van der Waals surface area (Å²) in [6.07, 6.45) is 4.24. The molecule has 104 valence electrons. The standard InChI is InChI=1S/C20H19N/c1-20(2,3)16-11-10-15-9-8-14-6-4-5-7-17(14)19(13-21)18(15)12-16/h4-12,19H,1-3H3. The molecule has 21 heavy (non-hydrogen) atoms. The van der Waals surface area contributed by atoms with Gasteiger partial charge in [-0.3, -0.25) is 0 Å². The maximum absolute atomic E-state index is 9.73. The van der Waals surface area contributed by atoms with E-state index >= 15 is 0 Å². The summed E-state index contributed by atoms with van der Waals surface area (Å²) in [5, 5.41) is 9.73. The highest BCUT2D eigenvalue weighted by molar-refractivity contribution is 5.77. The molecule has 3 rings (SSSR count). The van der Waals surface area contributed by atoms with E-state index in [9.17, 15) is 5.26 Å². The van der Waals surface area contributed by atoms with Crippen molar-refractivity contribution in [3.63, 3.8) is 0 Å². The molecule has 0 spiro atoms. The van der Waals surface area contributed by atoms with Crippen molar-refractivity contribution in [2.24, 2.45) is 0 Å². The van der Waals surface area contributed by atoms with Crippen LogP contribution in [0.15, 0.2) is 42.5 Å². The van der Waals surface area contributed by atoms with Crippen LogP contribution in [0.4, 0.5) is 0 Å². The Morgan fingerprint density at radius 1 is 0.905 bits per heavy atom. The van der Waals surface area contributed by atoms with Gasteiger partial charge in [0.2, 0.25) is 0 Å². The molecule has 0 amide bonds. The molecule has 1 nitrogen and oxygen atoms in total. The second kappa shape index (κ2) is 4.90. The quantitative estimate of drug-likeness (QED) is 0.653. The molecule has 1 aliphatic rings. The molecule has 2 aromatic carbocycles. The molecular formula is C20H19N. The maximum atomic E-state index is 9.73. The van der Waals surface area contributed by atoms with Gasteiger partial charge < -0.3 is 0 Å². The third kappa shape index (κ3) is 2.38. The van der Waals surface area contributed by atoms with Crippen LogP contribution in [0.3, 0.4) is 0 Å². The Balaban J connectivity index is 2.24. The maximum Gasteiger partial charge on any atom is 0.0974 e. The van der Waals surface area contributed by atoms with Crippen LogP contribution in [0.1, 0.15) is 54.5 Å². The van der Waals surface area contributed by atoms with Crippen molar-refractivity contribution in [2.45, 2.75) is 32.1 Å². The van der Waals surface area contributed by atoms with Crippen molar-refractivity contribution >= 4 is 12.2 Å². The molecule has 0 saturated heterocycles. The van der Waals surface area contributed by atoms with Gasteiger partial charge in [-0.1, -0.05) is 75.4 Å². The third-order valence-corrected chi connectivity index (χ3v) is 4.14. The van der Waals surface area contributed by atoms with E-state index in [1.54, 1.807) is 0 Å². The van der Waals surface area contributed by atoms with Crippen LogP contribution in [-0.2, 0) is 5.41 Å². The number of fused-ring (bicyclic) bond motifs is 2. The lowest BCUT2D eigenvalue weighted by Gasteiger charge is -2.22. The van der Waals surface area contributed by atoms with Crippen molar-refractivity contribution in [1.82, 2.24) is 0 Å². The van der Waals surface area contributed by atoms with E-state index in [0.717, 1.165) is 22.3 Å². The SMILES string of the molecule is CC(C)(C)c1ccc2c(c1)C(C#N)c1ccccc1C=C2. The van der Waals surface area contributed by atoms with Gasteiger partial charge >= 0.3 is 0 Å². The fourth-order valence-electron chi connectivity index (χ4n) is 2.85. The number of nitriles is 1. The van der Waals surface area contributed by atoms with Crippen molar-refractivity contribution in [2.75, 3.05) is 0 Å². The van der Waals surface area contributed by atoms with E-state index in [-0.39, 0.29) is 11.3 Å². The van der Waals surface area contributed by atoms with Crippen LogP contribution in [0.5, 0.6) is 0 Å². The van der Waals surface area contributed by atoms with Crippen molar-refractivity contribution < 1.29 is 0 Å². The minimum absolute atomic E-state index is 0.0879. The summed E-state index contributed by atoms with van der Waals surface area (Å²) in [5.74, 6) is -0.200. The van der Waals surface area contributed by atoms with Gasteiger partial charge in [-0.2, -0.15) is 5.26 Å². The lowest BCUT2D eigenvalue weighted by molar-refractivity contribution is 0.589. The fourth-order valence-corrected chi connectivity index (χ4v) is 2.85. The second-order valence-corrected chi connectivity index (χ2v) is 6.62. The third-order valence-electron chi connectivity index (χ3n) is 4.14. The van der Waals surface area contributed by atoms with Crippen molar-refractivity contribution in [1.29, 1.82) is 5.26 Å². The molecule has 0 aromatic heterocycles. The zero-order chi connectivity index (χ0) is 15.0. The Kier molecular flexibility index (Phi) is 3.18. The molecule has 0 fully saturated rings. The molecule has 0 aliphatic heterocycles. The van der Waals surface area contributed by atoms with Crippen LogP contribution >= 0.6 is 0 Å².